The van der Waals surface area contributed by atoms with E-state index in [4.69, 9.17) is 0 Å². The lowest BCUT2D eigenvalue weighted by molar-refractivity contribution is 0.109. The minimum Gasteiger partial charge on any atom is -0.281 e. The first-order valence-corrected chi connectivity index (χ1v) is 5.62. The summed E-state index contributed by atoms with van der Waals surface area (Å²) < 4.78 is 4.77. The number of thioether (sulfide) groups is 1. The van der Waals surface area contributed by atoms with E-state index in [0.717, 1.165) is 4.70 Å². The SMILES string of the molecule is CSC(=O)c1cccc2snnc12. The molecule has 0 aliphatic rings. The van der Waals surface area contributed by atoms with Gasteiger partial charge >= 0.3 is 0 Å². The lowest BCUT2D eigenvalue weighted by Gasteiger charge is -1.95. The Hall–Kier alpha value is -0.940. The number of hydrogen-bond acceptors (Lipinski definition) is 5. The highest BCUT2D eigenvalue weighted by Gasteiger charge is 2.10. The molecule has 0 spiro atoms. The second-order valence-electron chi connectivity index (χ2n) is 2.42. The third kappa shape index (κ3) is 1.45. The second-order valence-corrected chi connectivity index (χ2v) is 3.98. The van der Waals surface area contributed by atoms with E-state index < -0.39 is 0 Å². The van der Waals surface area contributed by atoms with E-state index in [1.807, 2.05) is 12.1 Å². The number of hydrogen-bond donors (Lipinski definition) is 0. The van der Waals surface area contributed by atoms with Gasteiger partial charge in [-0.2, -0.15) is 0 Å². The number of rotatable bonds is 1. The molecule has 66 valence electrons. The van der Waals surface area contributed by atoms with Gasteiger partial charge in [-0.1, -0.05) is 22.3 Å². The minimum atomic E-state index is 0.0401. The zero-order valence-electron chi connectivity index (χ0n) is 6.85. The van der Waals surface area contributed by atoms with Crippen LogP contribution >= 0.6 is 23.3 Å². The van der Waals surface area contributed by atoms with Crippen LogP contribution in [0, 0.1) is 0 Å². The van der Waals surface area contributed by atoms with Gasteiger partial charge in [-0.3, -0.25) is 4.79 Å². The highest BCUT2D eigenvalue weighted by molar-refractivity contribution is 8.13. The van der Waals surface area contributed by atoms with Crippen molar-refractivity contribution in [1.29, 1.82) is 0 Å². The third-order valence-electron chi connectivity index (χ3n) is 1.68. The highest BCUT2D eigenvalue weighted by Crippen LogP contribution is 2.21. The Bertz CT molecular complexity index is 452. The van der Waals surface area contributed by atoms with Crippen LogP contribution in [0.1, 0.15) is 10.4 Å². The van der Waals surface area contributed by atoms with E-state index in [1.165, 1.54) is 23.3 Å². The minimum absolute atomic E-state index is 0.0401. The molecule has 1 heterocycles. The summed E-state index contributed by atoms with van der Waals surface area (Å²) in [5.41, 5.74) is 1.37. The van der Waals surface area contributed by atoms with Crippen molar-refractivity contribution in [2.24, 2.45) is 0 Å². The van der Waals surface area contributed by atoms with Crippen LogP contribution in [0.2, 0.25) is 0 Å². The number of aromatic nitrogens is 2. The molecule has 0 unspecified atom stereocenters. The van der Waals surface area contributed by atoms with E-state index >= 15 is 0 Å². The maximum Gasteiger partial charge on any atom is 0.221 e. The molecular formula is C8H6N2OS2. The largest absolute Gasteiger partial charge is 0.281 e. The Morgan fingerprint density at radius 2 is 2.38 bits per heavy atom. The van der Waals surface area contributed by atoms with Gasteiger partial charge in [0.15, 0.2) is 0 Å². The van der Waals surface area contributed by atoms with Gasteiger partial charge in [0.1, 0.15) is 5.52 Å². The monoisotopic (exact) mass is 210 g/mol. The van der Waals surface area contributed by atoms with Crippen molar-refractivity contribution in [3.63, 3.8) is 0 Å². The Morgan fingerprint density at radius 3 is 3.15 bits per heavy atom. The van der Waals surface area contributed by atoms with Crippen molar-refractivity contribution in [1.82, 2.24) is 9.59 Å². The van der Waals surface area contributed by atoms with Crippen LogP contribution in [0.5, 0.6) is 0 Å². The summed E-state index contributed by atoms with van der Waals surface area (Å²) in [4.78, 5) is 11.4. The van der Waals surface area contributed by atoms with Gasteiger partial charge < -0.3 is 0 Å². The van der Waals surface area contributed by atoms with E-state index in [1.54, 1.807) is 12.3 Å². The first kappa shape index (κ1) is 8.65. The average molecular weight is 210 g/mol. The normalized spacial score (nSPS) is 10.5. The Balaban J connectivity index is 2.67. The maximum atomic E-state index is 11.4. The zero-order chi connectivity index (χ0) is 9.26. The number of carbonyl (C=O) groups is 1. The molecule has 1 aromatic heterocycles. The number of fused-ring (bicyclic) bond motifs is 1. The molecule has 0 fully saturated rings. The van der Waals surface area contributed by atoms with Gasteiger partial charge in [-0.25, -0.2) is 0 Å². The van der Waals surface area contributed by atoms with Crippen LogP contribution in [0.15, 0.2) is 18.2 Å². The van der Waals surface area contributed by atoms with Gasteiger partial charge in [0.2, 0.25) is 5.12 Å². The van der Waals surface area contributed by atoms with Crippen LogP contribution in [-0.2, 0) is 0 Å². The van der Waals surface area contributed by atoms with Crippen LogP contribution in [-0.4, -0.2) is 21.0 Å². The van der Waals surface area contributed by atoms with Crippen molar-refractivity contribution in [2.75, 3.05) is 6.26 Å². The summed E-state index contributed by atoms with van der Waals surface area (Å²) in [6.45, 7) is 0. The van der Waals surface area contributed by atoms with Gasteiger partial charge in [0.05, 0.1) is 10.3 Å². The van der Waals surface area contributed by atoms with Crippen LogP contribution < -0.4 is 0 Å². The molecule has 0 atom stereocenters. The third-order valence-corrected chi connectivity index (χ3v) is 2.96. The van der Waals surface area contributed by atoms with Gasteiger partial charge in [0, 0.05) is 0 Å². The fourth-order valence-electron chi connectivity index (χ4n) is 1.08. The zero-order valence-corrected chi connectivity index (χ0v) is 8.48. The number of benzene rings is 1. The summed E-state index contributed by atoms with van der Waals surface area (Å²) in [5.74, 6) is 0. The molecule has 0 aliphatic carbocycles. The first-order chi connectivity index (χ1) is 6.33. The van der Waals surface area contributed by atoms with Crippen molar-refractivity contribution in [3.8, 4) is 0 Å². The molecule has 0 saturated heterocycles. The molecule has 0 saturated carbocycles. The predicted octanol–water partition coefficient (Wildman–Crippen LogP) is 2.19. The van der Waals surface area contributed by atoms with Crippen LogP contribution in [0.4, 0.5) is 0 Å². The Morgan fingerprint density at radius 1 is 1.54 bits per heavy atom. The molecule has 2 aromatic rings. The summed E-state index contributed by atoms with van der Waals surface area (Å²) in [6.07, 6.45) is 1.76. The smallest absolute Gasteiger partial charge is 0.221 e. The van der Waals surface area contributed by atoms with Crippen molar-refractivity contribution < 1.29 is 4.79 Å². The number of carbonyl (C=O) groups excluding carboxylic acids is 1. The second kappa shape index (κ2) is 3.43. The summed E-state index contributed by atoms with van der Waals surface area (Å²) in [7, 11) is 0. The quantitative estimate of drug-likeness (QED) is 0.723. The molecule has 0 bridgehead atoms. The van der Waals surface area contributed by atoms with E-state index in [0.29, 0.717) is 11.1 Å². The van der Waals surface area contributed by atoms with E-state index in [2.05, 4.69) is 9.59 Å². The molecule has 5 heteroatoms. The molecule has 2 rings (SSSR count). The Kier molecular flexibility index (Phi) is 2.28. The van der Waals surface area contributed by atoms with Gasteiger partial charge in [-0.15, -0.1) is 5.10 Å². The molecule has 0 aliphatic heterocycles. The average Bonchev–Trinajstić information content (AvgIpc) is 2.63. The number of nitrogens with zero attached hydrogens (tertiary/aromatic N) is 2. The summed E-state index contributed by atoms with van der Waals surface area (Å²) in [6, 6.07) is 5.55. The predicted molar refractivity (Wildman–Crippen MR) is 55.3 cm³/mol. The molecule has 0 N–H and O–H groups in total. The summed E-state index contributed by atoms with van der Waals surface area (Å²) in [5, 5.41) is 3.96. The molecule has 13 heavy (non-hydrogen) atoms. The molecule has 3 nitrogen and oxygen atoms in total. The van der Waals surface area contributed by atoms with Gasteiger partial charge in [-0.05, 0) is 29.9 Å². The van der Waals surface area contributed by atoms with E-state index in [9.17, 15) is 4.79 Å². The first-order valence-electron chi connectivity index (χ1n) is 3.62. The topological polar surface area (TPSA) is 42.9 Å². The van der Waals surface area contributed by atoms with Crippen LogP contribution in [0.3, 0.4) is 0 Å². The van der Waals surface area contributed by atoms with Crippen LogP contribution in [0.25, 0.3) is 10.2 Å². The van der Waals surface area contributed by atoms with Crippen molar-refractivity contribution in [2.45, 2.75) is 0 Å². The van der Waals surface area contributed by atoms with Crippen molar-refractivity contribution in [3.05, 3.63) is 23.8 Å². The molecular weight excluding hydrogens is 204 g/mol. The van der Waals surface area contributed by atoms with E-state index in [-0.39, 0.29) is 5.12 Å². The fourth-order valence-corrected chi connectivity index (χ4v) is 2.05. The summed E-state index contributed by atoms with van der Waals surface area (Å²) >= 11 is 2.50. The molecule has 1 aromatic carbocycles. The standard InChI is InChI=1S/C8H6N2OS2/c1-12-8(11)5-3-2-4-6-7(5)9-10-13-6/h2-4H,1H3. The lowest BCUT2D eigenvalue weighted by Crippen LogP contribution is -1.93. The van der Waals surface area contributed by atoms with Crippen molar-refractivity contribution >= 4 is 38.6 Å². The maximum absolute atomic E-state index is 11.4. The molecule has 0 radical (unpaired) electrons. The molecule has 0 amide bonds. The van der Waals surface area contributed by atoms with Gasteiger partial charge in [0.25, 0.3) is 0 Å². The highest BCUT2D eigenvalue weighted by atomic mass is 32.2. The fraction of sp³-hybridized carbons (Fsp3) is 0.125. The lowest BCUT2D eigenvalue weighted by atomic mass is 10.2. The Labute approximate surface area is 83.3 Å².